The average molecular weight is 296 g/mol. The van der Waals surface area contributed by atoms with Crippen molar-refractivity contribution in [3.63, 3.8) is 0 Å². The van der Waals surface area contributed by atoms with Crippen molar-refractivity contribution < 1.29 is 14.3 Å². The normalized spacial score (nSPS) is 10.7. The third-order valence-electron chi connectivity index (χ3n) is 2.60. The van der Waals surface area contributed by atoms with Crippen LogP contribution in [0.15, 0.2) is 72.6 Å². The van der Waals surface area contributed by atoms with Crippen LogP contribution in [0, 0.1) is 0 Å². The molecule has 0 unspecified atom stereocenters. The largest absolute Gasteiger partial charge is 0.409 e. The Balaban J connectivity index is 2.10. The maximum atomic E-state index is 12.0. The maximum absolute atomic E-state index is 12.0. The molecule has 0 aromatic heterocycles. The molecule has 0 spiro atoms. The highest BCUT2D eigenvalue weighted by atomic mass is 16.5. The summed E-state index contributed by atoms with van der Waals surface area (Å²) < 4.78 is 5.01. The predicted octanol–water partition coefficient (Wildman–Crippen LogP) is 3.14. The molecular formula is C17H16N2O3. The molecule has 0 aliphatic heterocycles. The highest BCUT2D eigenvalue weighted by Gasteiger charge is 2.07. The van der Waals surface area contributed by atoms with E-state index in [4.69, 9.17) is 4.74 Å². The van der Waals surface area contributed by atoms with Crippen LogP contribution in [-0.2, 0) is 14.3 Å². The highest BCUT2D eigenvalue weighted by molar-refractivity contribution is 6.00. The number of para-hydroxylation sites is 2. The number of carbonyl (C=O) groups excluding carboxylic acids is 2. The number of nitrogens with one attached hydrogen (secondary N) is 2. The van der Waals surface area contributed by atoms with E-state index in [0.29, 0.717) is 11.4 Å². The summed E-state index contributed by atoms with van der Waals surface area (Å²) in [4.78, 5) is 23.1. The molecule has 0 heterocycles. The van der Waals surface area contributed by atoms with Crippen molar-refractivity contribution in [1.82, 2.24) is 0 Å². The van der Waals surface area contributed by atoms with Crippen LogP contribution >= 0.6 is 0 Å². The van der Waals surface area contributed by atoms with Gasteiger partial charge in [-0.05, 0) is 24.3 Å². The molecule has 0 radical (unpaired) electrons. The fraction of sp³-hybridized carbons (Fsp3) is 0.0588. The number of rotatable bonds is 5. The van der Waals surface area contributed by atoms with Gasteiger partial charge >= 0.3 is 5.97 Å². The molecule has 0 aliphatic carbocycles. The second-order valence-electron chi connectivity index (χ2n) is 4.45. The van der Waals surface area contributed by atoms with Gasteiger partial charge in [0.1, 0.15) is 0 Å². The van der Waals surface area contributed by atoms with E-state index in [9.17, 15) is 9.59 Å². The Morgan fingerprint density at radius 2 is 1.36 bits per heavy atom. The number of hydrogen-bond donors (Lipinski definition) is 2. The van der Waals surface area contributed by atoms with E-state index in [0.717, 1.165) is 0 Å². The van der Waals surface area contributed by atoms with Gasteiger partial charge in [0.15, 0.2) is 0 Å². The number of ether oxygens (including phenoxy) is 1. The molecule has 2 rings (SSSR count). The van der Waals surface area contributed by atoms with Crippen LogP contribution < -0.4 is 10.6 Å². The van der Waals surface area contributed by atoms with Crippen LogP contribution in [0.5, 0.6) is 0 Å². The lowest BCUT2D eigenvalue weighted by Gasteiger charge is -2.10. The smallest absolute Gasteiger partial charge is 0.309 e. The molecule has 0 saturated carbocycles. The zero-order valence-corrected chi connectivity index (χ0v) is 12.1. The van der Waals surface area contributed by atoms with Gasteiger partial charge in [-0.1, -0.05) is 36.4 Å². The topological polar surface area (TPSA) is 67.4 Å². The molecule has 2 aromatic carbocycles. The molecule has 0 aliphatic rings. The standard InChI is InChI=1S/C17H16N2O3/c1-13(20)22-17(19-15-10-6-3-7-11-15)12-16(21)18-14-8-4-2-5-9-14/h2-12,19H,1H3,(H,18,21)/b17-12-. The van der Waals surface area contributed by atoms with Gasteiger partial charge in [-0.15, -0.1) is 0 Å². The van der Waals surface area contributed by atoms with Gasteiger partial charge in [0.05, 0.1) is 6.08 Å². The second-order valence-corrected chi connectivity index (χ2v) is 4.45. The van der Waals surface area contributed by atoms with Crippen LogP contribution in [-0.4, -0.2) is 11.9 Å². The fourth-order valence-electron chi connectivity index (χ4n) is 1.73. The summed E-state index contributed by atoms with van der Waals surface area (Å²) in [6.07, 6.45) is 1.20. The summed E-state index contributed by atoms with van der Waals surface area (Å²) in [7, 11) is 0. The van der Waals surface area contributed by atoms with Crippen molar-refractivity contribution in [2.24, 2.45) is 0 Å². The lowest BCUT2D eigenvalue weighted by Crippen LogP contribution is -2.14. The molecule has 22 heavy (non-hydrogen) atoms. The van der Waals surface area contributed by atoms with E-state index in [1.807, 2.05) is 36.4 Å². The minimum atomic E-state index is -0.512. The molecule has 2 N–H and O–H groups in total. The first kappa shape index (κ1) is 15.3. The number of amides is 1. The summed E-state index contributed by atoms with van der Waals surface area (Å²) in [5.41, 5.74) is 1.37. The number of anilines is 2. The Bertz CT molecular complexity index is 667. The number of benzene rings is 2. The van der Waals surface area contributed by atoms with Crippen molar-refractivity contribution >= 4 is 23.3 Å². The molecule has 2 aromatic rings. The number of esters is 1. The Morgan fingerprint density at radius 1 is 0.864 bits per heavy atom. The molecule has 5 nitrogen and oxygen atoms in total. The second kappa shape index (κ2) is 7.64. The third-order valence-corrected chi connectivity index (χ3v) is 2.60. The van der Waals surface area contributed by atoms with E-state index < -0.39 is 11.9 Å². The third kappa shape index (κ3) is 5.13. The molecule has 0 fully saturated rings. The SMILES string of the molecule is CC(=O)O/C(=C\C(=O)Nc1ccccc1)Nc1ccccc1. The lowest BCUT2D eigenvalue weighted by molar-refractivity contribution is -0.136. The quantitative estimate of drug-likeness (QED) is 0.505. The van der Waals surface area contributed by atoms with E-state index in [2.05, 4.69) is 10.6 Å². The molecule has 0 atom stereocenters. The molecule has 112 valence electrons. The van der Waals surface area contributed by atoms with Crippen LogP contribution in [0.4, 0.5) is 11.4 Å². The minimum Gasteiger partial charge on any atom is -0.409 e. The summed E-state index contributed by atoms with van der Waals surface area (Å²) in [5.74, 6) is -0.847. The maximum Gasteiger partial charge on any atom is 0.309 e. The van der Waals surface area contributed by atoms with Gasteiger partial charge in [-0.3, -0.25) is 9.59 Å². The summed E-state index contributed by atoms with van der Waals surface area (Å²) >= 11 is 0. The Kier molecular flexibility index (Phi) is 5.31. The minimum absolute atomic E-state index is 0.0622. The molecule has 0 saturated heterocycles. The van der Waals surface area contributed by atoms with Crippen molar-refractivity contribution in [3.8, 4) is 0 Å². The zero-order valence-electron chi connectivity index (χ0n) is 12.1. The first-order valence-corrected chi connectivity index (χ1v) is 6.72. The zero-order chi connectivity index (χ0) is 15.8. The molecule has 1 amide bonds. The fourth-order valence-corrected chi connectivity index (χ4v) is 1.73. The first-order chi connectivity index (χ1) is 10.6. The van der Waals surface area contributed by atoms with E-state index in [-0.39, 0.29) is 5.88 Å². The van der Waals surface area contributed by atoms with Gasteiger partial charge in [0.2, 0.25) is 5.88 Å². The van der Waals surface area contributed by atoms with Gasteiger partial charge in [-0.2, -0.15) is 0 Å². The summed E-state index contributed by atoms with van der Waals surface area (Å²) in [5, 5.41) is 5.57. The van der Waals surface area contributed by atoms with Crippen LogP contribution in [0.2, 0.25) is 0 Å². The highest BCUT2D eigenvalue weighted by Crippen LogP contribution is 2.11. The van der Waals surface area contributed by atoms with Gasteiger partial charge in [0.25, 0.3) is 5.91 Å². The van der Waals surface area contributed by atoms with E-state index >= 15 is 0 Å². The van der Waals surface area contributed by atoms with E-state index in [1.54, 1.807) is 24.3 Å². The average Bonchev–Trinajstić information content (AvgIpc) is 2.48. The predicted molar refractivity (Wildman–Crippen MR) is 85.0 cm³/mol. The summed E-state index contributed by atoms with van der Waals surface area (Å²) in [6, 6.07) is 18.1. The Morgan fingerprint density at radius 3 is 1.86 bits per heavy atom. The Hall–Kier alpha value is -3.08. The first-order valence-electron chi connectivity index (χ1n) is 6.72. The summed E-state index contributed by atoms with van der Waals surface area (Å²) in [6.45, 7) is 1.27. The van der Waals surface area contributed by atoms with Crippen LogP contribution in [0.1, 0.15) is 6.92 Å². The van der Waals surface area contributed by atoms with Crippen LogP contribution in [0.3, 0.4) is 0 Å². The number of hydrogen-bond acceptors (Lipinski definition) is 4. The molecule has 5 heteroatoms. The van der Waals surface area contributed by atoms with E-state index in [1.165, 1.54) is 13.0 Å². The Labute approximate surface area is 128 Å². The van der Waals surface area contributed by atoms with Crippen molar-refractivity contribution in [3.05, 3.63) is 72.6 Å². The number of carbonyl (C=O) groups is 2. The van der Waals surface area contributed by atoms with Crippen LogP contribution in [0.25, 0.3) is 0 Å². The van der Waals surface area contributed by atoms with Crippen molar-refractivity contribution in [2.45, 2.75) is 6.92 Å². The lowest BCUT2D eigenvalue weighted by atomic mass is 10.3. The monoisotopic (exact) mass is 296 g/mol. The van der Waals surface area contributed by atoms with Gasteiger partial charge in [-0.25, -0.2) is 0 Å². The van der Waals surface area contributed by atoms with Gasteiger partial charge < -0.3 is 15.4 Å². The van der Waals surface area contributed by atoms with Gasteiger partial charge in [0, 0.05) is 18.3 Å². The molecular weight excluding hydrogens is 280 g/mol. The molecule has 0 bridgehead atoms. The van der Waals surface area contributed by atoms with Crippen molar-refractivity contribution in [2.75, 3.05) is 10.6 Å². The van der Waals surface area contributed by atoms with Crippen molar-refractivity contribution in [1.29, 1.82) is 0 Å².